The van der Waals surface area contributed by atoms with Crippen molar-refractivity contribution >= 4 is 5.91 Å². The van der Waals surface area contributed by atoms with E-state index in [4.69, 9.17) is 5.11 Å². The van der Waals surface area contributed by atoms with Gasteiger partial charge in [0.25, 0.3) is 0 Å². The first kappa shape index (κ1) is 11.5. The van der Waals surface area contributed by atoms with Crippen LogP contribution in [0, 0.1) is 0 Å². The Morgan fingerprint density at radius 2 is 2.36 bits per heavy atom. The number of carbonyl (C=O) groups excluding carboxylic acids is 1. The molecule has 0 aromatic heterocycles. The van der Waals surface area contributed by atoms with Crippen molar-refractivity contribution in [1.29, 1.82) is 0 Å². The van der Waals surface area contributed by atoms with Crippen LogP contribution in [-0.2, 0) is 4.79 Å². The number of nitrogens with one attached hydrogen (secondary N) is 1. The molecule has 4 heteroatoms. The average Bonchev–Trinajstić information content (AvgIpc) is 2.66. The van der Waals surface area contributed by atoms with Crippen molar-refractivity contribution in [3.8, 4) is 0 Å². The monoisotopic (exact) mass is 200 g/mol. The number of aliphatic hydroxyl groups excluding tert-OH is 1. The number of amides is 1. The van der Waals surface area contributed by atoms with Gasteiger partial charge in [0.2, 0.25) is 5.91 Å². The Bertz CT molecular complexity index is 200. The lowest BCUT2D eigenvalue weighted by Gasteiger charge is -2.31. The number of hydrogen-bond acceptors (Lipinski definition) is 3. The van der Waals surface area contributed by atoms with Crippen LogP contribution in [-0.4, -0.2) is 48.2 Å². The van der Waals surface area contributed by atoms with Crippen molar-refractivity contribution in [2.75, 3.05) is 26.7 Å². The van der Waals surface area contributed by atoms with E-state index in [0.29, 0.717) is 6.54 Å². The van der Waals surface area contributed by atoms with Crippen LogP contribution in [0.3, 0.4) is 0 Å². The molecule has 0 bridgehead atoms. The van der Waals surface area contributed by atoms with E-state index in [2.05, 4.69) is 5.32 Å². The van der Waals surface area contributed by atoms with E-state index >= 15 is 0 Å². The molecule has 1 heterocycles. The minimum atomic E-state index is -0.357. The van der Waals surface area contributed by atoms with Gasteiger partial charge >= 0.3 is 0 Å². The van der Waals surface area contributed by atoms with Gasteiger partial charge in [-0.2, -0.15) is 0 Å². The predicted octanol–water partition coefficient (Wildman–Crippen LogP) is -0.0307. The topological polar surface area (TPSA) is 52.6 Å². The zero-order chi connectivity index (χ0) is 10.6. The van der Waals surface area contributed by atoms with Crippen LogP contribution >= 0.6 is 0 Å². The molecule has 4 nitrogen and oxygen atoms in total. The first-order valence-electron chi connectivity index (χ1n) is 5.28. The first-order valence-corrected chi connectivity index (χ1v) is 5.28. The van der Waals surface area contributed by atoms with Gasteiger partial charge in [0.1, 0.15) is 0 Å². The van der Waals surface area contributed by atoms with Crippen molar-refractivity contribution in [2.45, 2.75) is 31.7 Å². The Labute approximate surface area is 85.3 Å². The highest BCUT2D eigenvalue weighted by Crippen LogP contribution is 2.24. The van der Waals surface area contributed by atoms with Crippen molar-refractivity contribution in [2.24, 2.45) is 0 Å². The van der Waals surface area contributed by atoms with E-state index in [0.717, 1.165) is 25.8 Å². The largest absolute Gasteiger partial charge is 0.395 e. The lowest BCUT2D eigenvalue weighted by Crippen LogP contribution is -2.54. The maximum atomic E-state index is 12.0. The van der Waals surface area contributed by atoms with E-state index in [9.17, 15) is 4.79 Å². The summed E-state index contributed by atoms with van der Waals surface area (Å²) >= 11 is 0. The summed E-state index contributed by atoms with van der Waals surface area (Å²) in [4.78, 5) is 13.7. The Morgan fingerprint density at radius 3 is 2.79 bits per heavy atom. The third-order valence-corrected chi connectivity index (χ3v) is 3.04. The highest BCUT2D eigenvalue weighted by Gasteiger charge is 2.40. The maximum absolute atomic E-state index is 12.0. The molecule has 1 rings (SSSR count). The molecule has 1 unspecified atom stereocenters. The number of nitrogens with zero attached hydrogens (tertiary/aromatic N) is 1. The lowest BCUT2D eigenvalue weighted by molar-refractivity contribution is -0.137. The van der Waals surface area contributed by atoms with E-state index in [-0.39, 0.29) is 18.1 Å². The van der Waals surface area contributed by atoms with E-state index in [1.165, 1.54) is 0 Å². The van der Waals surface area contributed by atoms with Gasteiger partial charge in [0.15, 0.2) is 0 Å². The molecule has 1 aliphatic heterocycles. The fourth-order valence-electron chi connectivity index (χ4n) is 2.06. The number of carbonyl (C=O) groups is 1. The molecule has 2 N–H and O–H groups in total. The summed E-state index contributed by atoms with van der Waals surface area (Å²) < 4.78 is 0. The summed E-state index contributed by atoms with van der Waals surface area (Å²) in [6.07, 6.45) is 2.80. The highest BCUT2D eigenvalue weighted by molar-refractivity contribution is 5.86. The van der Waals surface area contributed by atoms with Gasteiger partial charge in [0.05, 0.1) is 12.1 Å². The third kappa shape index (κ3) is 2.07. The van der Waals surface area contributed by atoms with Gasteiger partial charge in [-0.1, -0.05) is 6.92 Å². The van der Waals surface area contributed by atoms with Crippen molar-refractivity contribution in [3.63, 3.8) is 0 Å². The molecule has 1 atom stereocenters. The molecule has 0 saturated carbocycles. The second-order valence-electron chi connectivity index (χ2n) is 3.92. The van der Waals surface area contributed by atoms with Gasteiger partial charge in [-0.15, -0.1) is 0 Å². The molecule has 0 aliphatic carbocycles. The fraction of sp³-hybridized carbons (Fsp3) is 0.900. The minimum Gasteiger partial charge on any atom is -0.395 e. The summed E-state index contributed by atoms with van der Waals surface area (Å²) in [5.74, 6) is 0.117. The number of aliphatic hydroxyl groups is 1. The quantitative estimate of drug-likeness (QED) is 0.670. The zero-order valence-electron chi connectivity index (χ0n) is 9.05. The Hall–Kier alpha value is -0.610. The summed E-state index contributed by atoms with van der Waals surface area (Å²) in [6.45, 7) is 3.40. The molecule has 0 spiro atoms. The zero-order valence-corrected chi connectivity index (χ0v) is 9.05. The minimum absolute atomic E-state index is 0.0298. The van der Waals surface area contributed by atoms with Crippen LogP contribution in [0.5, 0.6) is 0 Å². The lowest BCUT2D eigenvalue weighted by atomic mass is 9.92. The smallest absolute Gasteiger partial charge is 0.242 e. The molecule has 1 fully saturated rings. The second-order valence-corrected chi connectivity index (χ2v) is 3.92. The first-order chi connectivity index (χ1) is 6.66. The third-order valence-electron chi connectivity index (χ3n) is 3.04. The van der Waals surface area contributed by atoms with Crippen LogP contribution < -0.4 is 5.32 Å². The number of hydrogen-bond donors (Lipinski definition) is 2. The van der Waals surface area contributed by atoms with E-state index in [1.54, 1.807) is 11.9 Å². The summed E-state index contributed by atoms with van der Waals surface area (Å²) in [6, 6.07) is 0. The summed E-state index contributed by atoms with van der Waals surface area (Å²) in [7, 11) is 1.75. The number of likely N-dealkylation sites (N-methyl/N-ethyl adjacent to an activating group) is 1. The average molecular weight is 200 g/mol. The van der Waals surface area contributed by atoms with Crippen molar-refractivity contribution in [1.82, 2.24) is 10.2 Å². The van der Waals surface area contributed by atoms with Gasteiger partial charge in [-0.05, 0) is 25.8 Å². The molecule has 1 amide bonds. The summed E-state index contributed by atoms with van der Waals surface area (Å²) in [5.41, 5.74) is -0.357. The van der Waals surface area contributed by atoms with Gasteiger partial charge in [-0.3, -0.25) is 4.79 Å². The molecule has 1 saturated heterocycles. The van der Waals surface area contributed by atoms with Crippen LogP contribution in [0.25, 0.3) is 0 Å². The van der Waals surface area contributed by atoms with Crippen LogP contribution in [0.15, 0.2) is 0 Å². The van der Waals surface area contributed by atoms with Crippen LogP contribution in [0.4, 0.5) is 0 Å². The van der Waals surface area contributed by atoms with Gasteiger partial charge in [0, 0.05) is 13.6 Å². The predicted molar refractivity (Wildman–Crippen MR) is 55.0 cm³/mol. The standard InChI is InChI=1S/C10H20N2O2/c1-3-10(5-4-6-11-10)9(14)12(2)7-8-13/h11,13H,3-8H2,1-2H3. The molecule has 0 aromatic rings. The second kappa shape index (κ2) is 4.75. The Balaban J connectivity index is 2.64. The highest BCUT2D eigenvalue weighted by atomic mass is 16.3. The van der Waals surface area contributed by atoms with Gasteiger partial charge < -0.3 is 15.3 Å². The summed E-state index contributed by atoms with van der Waals surface area (Å²) in [5, 5.41) is 12.1. The van der Waals surface area contributed by atoms with Crippen molar-refractivity contribution < 1.29 is 9.90 Å². The fourth-order valence-corrected chi connectivity index (χ4v) is 2.06. The Morgan fingerprint density at radius 1 is 1.64 bits per heavy atom. The maximum Gasteiger partial charge on any atom is 0.242 e. The molecule has 0 aromatic carbocycles. The molecule has 14 heavy (non-hydrogen) atoms. The van der Waals surface area contributed by atoms with Crippen LogP contribution in [0.2, 0.25) is 0 Å². The normalized spacial score (nSPS) is 26.5. The molecular formula is C10H20N2O2. The number of rotatable bonds is 4. The Kier molecular flexibility index (Phi) is 3.89. The van der Waals surface area contributed by atoms with Crippen LogP contribution in [0.1, 0.15) is 26.2 Å². The molecule has 1 aliphatic rings. The van der Waals surface area contributed by atoms with Gasteiger partial charge in [-0.25, -0.2) is 0 Å². The van der Waals surface area contributed by atoms with E-state index in [1.807, 2.05) is 6.92 Å². The molecular weight excluding hydrogens is 180 g/mol. The molecule has 82 valence electrons. The molecule has 0 radical (unpaired) electrons. The SMILES string of the molecule is CCC1(C(=O)N(C)CCO)CCCN1. The van der Waals surface area contributed by atoms with E-state index < -0.39 is 0 Å². The van der Waals surface area contributed by atoms with Crippen molar-refractivity contribution in [3.05, 3.63) is 0 Å².